The lowest BCUT2D eigenvalue weighted by Gasteiger charge is -2.34. The Kier molecular flexibility index (Phi) is 4.31. The topological polar surface area (TPSA) is 75.4 Å². The van der Waals surface area contributed by atoms with Crippen LogP contribution in [0.15, 0.2) is 0 Å². The molecule has 1 aliphatic rings. The van der Waals surface area contributed by atoms with E-state index in [0.717, 1.165) is 26.1 Å². The molecule has 1 saturated heterocycles. The molecule has 1 aliphatic heterocycles. The van der Waals surface area contributed by atoms with Crippen LogP contribution in [0, 0.1) is 0 Å². The SMILES string of the molecule is CS(=O)(=O)C1CNCCN1CCCN. The molecule has 0 aromatic rings. The minimum atomic E-state index is -2.98. The zero-order valence-corrected chi connectivity index (χ0v) is 9.39. The van der Waals surface area contributed by atoms with E-state index in [4.69, 9.17) is 5.73 Å². The average molecular weight is 221 g/mol. The smallest absolute Gasteiger partial charge is 0.164 e. The summed E-state index contributed by atoms with van der Waals surface area (Å²) in [6.07, 6.45) is 2.14. The molecular formula is C8H19N3O2S. The predicted octanol–water partition coefficient (Wildman–Crippen LogP) is -1.39. The Labute approximate surface area is 85.6 Å². The first kappa shape index (κ1) is 11.9. The first-order valence-electron chi connectivity index (χ1n) is 4.89. The van der Waals surface area contributed by atoms with Gasteiger partial charge in [0.1, 0.15) is 5.37 Å². The molecule has 1 fully saturated rings. The van der Waals surface area contributed by atoms with Gasteiger partial charge in [-0.3, -0.25) is 4.90 Å². The van der Waals surface area contributed by atoms with E-state index in [9.17, 15) is 8.42 Å². The molecule has 5 nitrogen and oxygen atoms in total. The third kappa shape index (κ3) is 3.20. The summed E-state index contributed by atoms with van der Waals surface area (Å²) in [5.41, 5.74) is 5.41. The van der Waals surface area contributed by atoms with Crippen LogP contribution in [0.3, 0.4) is 0 Å². The molecule has 0 aliphatic carbocycles. The number of sulfone groups is 1. The largest absolute Gasteiger partial charge is 0.330 e. The molecule has 1 unspecified atom stereocenters. The molecule has 0 saturated carbocycles. The summed E-state index contributed by atoms with van der Waals surface area (Å²) in [6.45, 7) is 3.56. The van der Waals surface area contributed by atoms with Crippen molar-refractivity contribution < 1.29 is 8.42 Å². The number of rotatable bonds is 4. The van der Waals surface area contributed by atoms with Crippen molar-refractivity contribution in [2.75, 3.05) is 39.0 Å². The third-order valence-electron chi connectivity index (χ3n) is 2.45. The third-order valence-corrected chi connectivity index (χ3v) is 3.90. The maximum atomic E-state index is 11.4. The molecule has 6 heteroatoms. The molecule has 0 aromatic heterocycles. The van der Waals surface area contributed by atoms with E-state index in [1.54, 1.807) is 0 Å². The van der Waals surface area contributed by atoms with Crippen molar-refractivity contribution in [2.24, 2.45) is 5.73 Å². The Bertz CT molecular complexity index is 266. The molecule has 0 aromatic carbocycles. The van der Waals surface area contributed by atoms with Crippen molar-refractivity contribution in [3.05, 3.63) is 0 Å². The monoisotopic (exact) mass is 221 g/mol. The summed E-state index contributed by atoms with van der Waals surface area (Å²) in [5, 5.41) is 2.72. The second kappa shape index (κ2) is 5.06. The van der Waals surface area contributed by atoms with Gasteiger partial charge in [0.15, 0.2) is 9.84 Å². The molecule has 84 valence electrons. The molecule has 3 N–H and O–H groups in total. The second-order valence-electron chi connectivity index (χ2n) is 3.67. The lowest BCUT2D eigenvalue weighted by molar-refractivity contribution is 0.210. The van der Waals surface area contributed by atoms with Gasteiger partial charge in [-0.15, -0.1) is 0 Å². The van der Waals surface area contributed by atoms with Crippen molar-refractivity contribution >= 4 is 9.84 Å². The fourth-order valence-electron chi connectivity index (χ4n) is 1.69. The Morgan fingerprint density at radius 1 is 1.57 bits per heavy atom. The van der Waals surface area contributed by atoms with Crippen LogP contribution < -0.4 is 11.1 Å². The first-order valence-corrected chi connectivity index (χ1v) is 6.85. The van der Waals surface area contributed by atoms with Gasteiger partial charge in [-0.1, -0.05) is 0 Å². The highest BCUT2D eigenvalue weighted by Gasteiger charge is 2.29. The van der Waals surface area contributed by atoms with Gasteiger partial charge in [-0.2, -0.15) is 0 Å². The van der Waals surface area contributed by atoms with Crippen LogP contribution in [0.2, 0.25) is 0 Å². The summed E-state index contributed by atoms with van der Waals surface area (Å²) in [6, 6.07) is 0. The molecule has 1 rings (SSSR count). The molecule has 0 radical (unpaired) electrons. The number of hydrogen-bond acceptors (Lipinski definition) is 5. The number of nitrogens with two attached hydrogens (primary N) is 1. The van der Waals surface area contributed by atoms with Crippen LogP contribution in [0.4, 0.5) is 0 Å². The summed E-state index contributed by atoms with van der Waals surface area (Å²) in [4.78, 5) is 2.00. The quantitative estimate of drug-likeness (QED) is 0.611. The van der Waals surface area contributed by atoms with E-state index in [0.29, 0.717) is 13.1 Å². The van der Waals surface area contributed by atoms with E-state index < -0.39 is 9.84 Å². The summed E-state index contributed by atoms with van der Waals surface area (Å²) in [7, 11) is -2.98. The van der Waals surface area contributed by atoms with Crippen LogP contribution >= 0.6 is 0 Å². The highest BCUT2D eigenvalue weighted by molar-refractivity contribution is 7.91. The van der Waals surface area contributed by atoms with Gasteiger partial charge in [-0.25, -0.2) is 8.42 Å². The highest BCUT2D eigenvalue weighted by atomic mass is 32.2. The predicted molar refractivity (Wildman–Crippen MR) is 56.7 cm³/mol. The summed E-state index contributed by atoms with van der Waals surface area (Å²) >= 11 is 0. The summed E-state index contributed by atoms with van der Waals surface area (Å²) in [5.74, 6) is 0. The zero-order chi connectivity index (χ0) is 10.6. The molecule has 1 heterocycles. The fourth-order valence-corrected chi connectivity index (χ4v) is 2.87. The van der Waals surface area contributed by atoms with Gasteiger partial charge in [-0.05, 0) is 13.0 Å². The maximum absolute atomic E-state index is 11.4. The van der Waals surface area contributed by atoms with Crippen molar-refractivity contribution in [2.45, 2.75) is 11.8 Å². The van der Waals surface area contributed by atoms with Crippen LogP contribution in [-0.4, -0.2) is 57.7 Å². The molecule has 0 amide bonds. The summed E-state index contributed by atoms with van der Waals surface area (Å²) < 4.78 is 22.9. The van der Waals surface area contributed by atoms with Gasteiger partial charge in [0.2, 0.25) is 0 Å². The normalized spacial score (nSPS) is 25.1. The number of nitrogens with one attached hydrogen (secondary N) is 1. The van der Waals surface area contributed by atoms with Gasteiger partial charge in [0.25, 0.3) is 0 Å². The Balaban J connectivity index is 2.60. The van der Waals surface area contributed by atoms with Gasteiger partial charge in [0, 0.05) is 32.4 Å². The highest BCUT2D eigenvalue weighted by Crippen LogP contribution is 2.09. The molecule has 1 atom stereocenters. The van der Waals surface area contributed by atoms with E-state index >= 15 is 0 Å². The average Bonchev–Trinajstić information content (AvgIpc) is 2.14. The molecular weight excluding hydrogens is 202 g/mol. The van der Waals surface area contributed by atoms with Crippen LogP contribution in [0.1, 0.15) is 6.42 Å². The minimum Gasteiger partial charge on any atom is -0.330 e. The standard InChI is InChI=1S/C8H19N3O2S/c1-14(12,13)8-7-10-4-6-11(8)5-2-3-9/h8,10H,2-7,9H2,1H3. The van der Waals surface area contributed by atoms with Crippen LogP contribution in [0.25, 0.3) is 0 Å². The second-order valence-corrected chi connectivity index (χ2v) is 5.87. The van der Waals surface area contributed by atoms with Crippen molar-refractivity contribution in [3.8, 4) is 0 Å². The molecule has 0 spiro atoms. The minimum absolute atomic E-state index is 0.372. The Morgan fingerprint density at radius 3 is 2.86 bits per heavy atom. The number of nitrogens with zero attached hydrogens (tertiary/aromatic N) is 1. The van der Waals surface area contributed by atoms with Crippen molar-refractivity contribution in [3.63, 3.8) is 0 Å². The fraction of sp³-hybridized carbons (Fsp3) is 1.00. The lowest BCUT2D eigenvalue weighted by Crippen LogP contribution is -2.54. The van der Waals surface area contributed by atoms with Gasteiger partial charge in [0.05, 0.1) is 0 Å². The van der Waals surface area contributed by atoms with Crippen LogP contribution in [0.5, 0.6) is 0 Å². The number of hydrogen-bond donors (Lipinski definition) is 2. The van der Waals surface area contributed by atoms with E-state index in [2.05, 4.69) is 5.32 Å². The van der Waals surface area contributed by atoms with Gasteiger partial charge >= 0.3 is 0 Å². The zero-order valence-electron chi connectivity index (χ0n) is 8.57. The van der Waals surface area contributed by atoms with E-state index in [1.165, 1.54) is 6.26 Å². The van der Waals surface area contributed by atoms with E-state index in [-0.39, 0.29) is 5.37 Å². The lowest BCUT2D eigenvalue weighted by atomic mass is 10.3. The number of piperazine rings is 1. The van der Waals surface area contributed by atoms with Gasteiger partial charge < -0.3 is 11.1 Å². The molecule has 0 bridgehead atoms. The van der Waals surface area contributed by atoms with E-state index in [1.807, 2.05) is 4.90 Å². The molecule has 14 heavy (non-hydrogen) atoms. The maximum Gasteiger partial charge on any atom is 0.164 e. The van der Waals surface area contributed by atoms with Crippen molar-refractivity contribution in [1.29, 1.82) is 0 Å². The first-order chi connectivity index (χ1) is 6.55. The van der Waals surface area contributed by atoms with Crippen molar-refractivity contribution in [1.82, 2.24) is 10.2 Å². The van der Waals surface area contributed by atoms with Crippen LogP contribution in [-0.2, 0) is 9.84 Å². The Morgan fingerprint density at radius 2 is 2.29 bits per heavy atom. The Hall–Kier alpha value is -0.170.